The Hall–Kier alpha value is -11.2. The van der Waals surface area contributed by atoms with E-state index in [2.05, 4.69) is 4.74 Å². The van der Waals surface area contributed by atoms with E-state index in [1.807, 2.05) is 6.92 Å². The molecular weight excluding hydrogens is 1740 g/mol. The van der Waals surface area contributed by atoms with E-state index in [0.29, 0.717) is 93.1 Å². The van der Waals surface area contributed by atoms with Crippen molar-refractivity contribution >= 4 is 170 Å². The zero-order chi connectivity index (χ0) is 89.1. The van der Waals surface area contributed by atoms with Crippen LogP contribution in [0.5, 0.6) is 0 Å². The maximum absolute atomic E-state index is 11.8. The number of ether oxygens (including phenoxy) is 1. The van der Waals surface area contributed by atoms with Gasteiger partial charge in [-0.05, 0) is 161 Å². The lowest BCUT2D eigenvalue weighted by molar-refractivity contribution is -0.146. The van der Waals surface area contributed by atoms with E-state index in [-0.39, 0.29) is 55.3 Å². The highest BCUT2D eigenvalue weighted by molar-refractivity contribution is 7.72. The highest BCUT2D eigenvalue weighted by Gasteiger charge is 2.13. The molecule has 0 saturated heterocycles. The summed E-state index contributed by atoms with van der Waals surface area (Å²) < 4.78 is 20.0. The topological polar surface area (TPSA) is 307 Å². The van der Waals surface area contributed by atoms with E-state index in [0.717, 1.165) is 100 Å². The molecule has 650 valence electrons. The monoisotopic (exact) mass is 1840 g/mol. The van der Waals surface area contributed by atoms with E-state index in [1.165, 1.54) is 44.0 Å². The van der Waals surface area contributed by atoms with Gasteiger partial charge in [0.15, 0.2) is 0 Å². The molecular formula is C84H95N9O20S9. The summed E-state index contributed by atoms with van der Waals surface area (Å²) in [5.41, 5.74) is 0. The third-order valence-corrected chi connectivity index (χ3v) is 18.2. The number of hydrogen-bond acceptors (Lipinski definition) is 29. The van der Waals surface area contributed by atoms with Crippen LogP contribution in [0.1, 0.15) is 168 Å². The number of aromatic nitrogens is 9. The minimum absolute atomic E-state index is 0.189. The summed E-state index contributed by atoms with van der Waals surface area (Å²) in [7, 11) is 0. The molecule has 0 aromatic carbocycles. The second-order valence-electron chi connectivity index (χ2n) is 25.0. The molecule has 0 amide bonds. The molecule has 0 bridgehead atoms. The molecule has 122 heavy (non-hydrogen) atoms. The molecule has 0 saturated carbocycles. The Morgan fingerprint density at radius 2 is 0.402 bits per heavy atom. The SMILES string of the molecule is CCC(=O)On1ccccc1=S.CCCCC(=O)On1ccccc1=S.CCOC(=O)/C=C/C(=O)On1ccccc1=S.O=C(CCCCC(=O)On1ccccc1=S)On1ccccc1=S.O=C(CCCCCCCC(=O)On1ccccc1=S)On1ccccc1=S.O=C(CCCCCCCCC(=O)On1ccccc1=S)On1ccccc1=S. The van der Waals surface area contributed by atoms with Crippen molar-refractivity contribution < 1.29 is 96.2 Å². The summed E-state index contributed by atoms with van der Waals surface area (Å²) in [6.45, 7) is 5.69. The van der Waals surface area contributed by atoms with Crippen molar-refractivity contribution in [2.24, 2.45) is 0 Å². The average molecular weight is 1840 g/mol. The number of rotatable bonds is 38. The number of pyridine rings is 9. The van der Waals surface area contributed by atoms with Crippen LogP contribution in [-0.2, 0) is 52.7 Å². The first-order valence-corrected chi connectivity index (χ1v) is 42.3. The van der Waals surface area contributed by atoms with E-state index < -0.39 is 23.9 Å². The zero-order valence-electron chi connectivity index (χ0n) is 67.3. The minimum atomic E-state index is -0.708. The van der Waals surface area contributed by atoms with E-state index >= 15 is 0 Å². The number of carbonyl (C=O) groups is 10. The third-order valence-electron chi connectivity index (χ3n) is 15.3. The van der Waals surface area contributed by atoms with Crippen LogP contribution in [0.2, 0.25) is 0 Å². The lowest BCUT2D eigenvalue weighted by Gasteiger charge is -2.07. The summed E-state index contributed by atoms with van der Waals surface area (Å²) >= 11 is 45.1. The molecule has 0 unspecified atom stereocenters. The third kappa shape index (κ3) is 46.0. The predicted octanol–water partition coefficient (Wildman–Crippen LogP) is 16.7. The van der Waals surface area contributed by atoms with Gasteiger partial charge in [-0.3, -0.25) is 0 Å². The lowest BCUT2D eigenvalue weighted by Crippen LogP contribution is -2.21. The van der Waals surface area contributed by atoms with Gasteiger partial charge in [-0.2, -0.15) is 42.6 Å². The summed E-state index contributed by atoms with van der Waals surface area (Å²) in [4.78, 5) is 161. The maximum Gasteiger partial charge on any atom is 0.356 e. The number of carbonyl (C=O) groups excluding carboxylic acids is 10. The normalized spacial score (nSPS) is 10.2. The predicted molar refractivity (Wildman–Crippen MR) is 475 cm³/mol. The second kappa shape index (κ2) is 62.0. The first-order valence-electron chi connectivity index (χ1n) is 38.6. The van der Waals surface area contributed by atoms with Gasteiger partial charge in [-0.25, -0.2) is 47.9 Å². The van der Waals surface area contributed by atoms with Gasteiger partial charge in [-0.1, -0.05) is 230 Å². The maximum atomic E-state index is 11.8. The number of esters is 1. The number of nitrogens with zero attached hydrogens (tertiary/aromatic N) is 9. The summed E-state index contributed by atoms with van der Waals surface area (Å²) in [6, 6.07) is 46.8. The van der Waals surface area contributed by atoms with Gasteiger partial charge in [0, 0.05) is 119 Å². The van der Waals surface area contributed by atoms with Crippen molar-refractivity contribution in [1.82, 2.24) is 42.6 Å². The summed E-state index contributed by atoms with van der Waals surface area (Å²) in [5.74, 6) is -3.84. The van der Waals surface area contributed by atoms with Crippen LogP contribution in [0.15, 0.2) is 232 Å². The molecule has 0 aliphatic heterocycles. The van der Waals surface area contributed by atoms with Crippen LogP contribution in [0.3, 0.4) is 0 Å². The Kier molecular flexibility index (Phi) is 52.4. The van der Waals surface area contributed by atoms with Gasteiger partial charge in [0.2, 0.25) is 0 Å². The zero-order valence-corrected chi connectivity index (χ0v) is 74.6. The van der Waals surface area contributed by atoms with Crippen molar-refractivity contribution in [3.63, 3.8) is 0 Å². The van der Waals surface area contributed by atoms with Gasteiger partial charge in [0.25, 0.3) is 0 Å². The fourth-order valence-electron chi connectivity index (χ4n) is 9.28. The molecule has 9 aromatic heterocycles. The van der Waals surface area contributed by atoms with Gasteiger partial charge in [0.1, 0.15) is 41.8 Å². The number of hydrogen-bond donors (Lipinski definition) is 0. The minimum Gasteiger partial charge on any atom is -0.463 e. The molecule has 0 radical (unpaired) electrons. The fraction of sp³-hybridized carbons (Fsp3) is 0.321. The van der Waals surface area contributed by atoms with E-state index in [1.54, 1.807) is 227 Å². The van der Waals surface area contributed by atoms with Crippen LogP contribution < -0.4 is 43.5 Å². The van der Waals surface area contributed by atoms with Crippen LogP contribution in [0.25, 0.3) is 0 Å². The number of unbranched alkanes of at least 4 members (excludes halogenated alkanes) is 11. The van der Waals surface area contributed by atoms with Gasteiger partial charge in [-0.15, -0.1) is 0 Å². The largest absolute Gasteiger partial charge is 0.463 e. The molecule has 9 heterocycles. The Balaban J connectivity index is 0.000000315. The quantitative estimate of drug-likeness (QED) is 0.0150. The Bertz CT molecular complexity index is 5230. The molecule has 0 fully saturated rings. The van der Waals surface area contributed by atoms with Gasteiger partial charge in [0.05, 0.1) is 6.61 Å². The van der Waals surface area contributed by atoms with Crippen LogP contribution >= 0.6 is 110 Å². The summed E-state index contributed by atoms with van der Waals surface area (Å²) in [6.07, 6.45) is 31.4. The first kappa shape index (κ1) is 103. The lowest BCUT2D eigenvalue weighted by atomic mass is 10.1. The Morgan fingerprint density at radius 1 is 0.230 bits per heavy atom. The molecule has 9 aromatic rings. The van der Waals surface area contributed by atoms with Gasteiger partial charge >= 0.3 is 59.7 Å². The molecule has 0 atom stereocenters. The highest BCUT2D eigenvalue weighted by Crippen LogP contribution is 2.12. The van der Waals surface area contributed by atoms with Crippen molar-refractivity contribution in [3.8, 4) is 0 Å². The highest BCUT2D eigenvalue weighted by atomic mass is 32.1. The van der Waals surface area contributed by atoms with E-state index in [4.69, 9.17) is 153 Å². The van der Waals surface area contributed by atoms with Crippen LogP contribution in [0, 0.1) is 41.8 Å². The Morgan fingerprint density at radius 3 is 0.590 bits per heavy atom. The fourth-order valence-corrected chi connectivity index (χ4v) is 10.9. The molecule has 0 N–H and O–H groups in total. The molecule has 0 aliphatic carbocycles. The van der Waals surface area contributed by atoms with Crippen LogP contribution in [-0.4, -0.2) is 109 Å². The molecule has 38 heteroatoms. The van der Waals surface area contributed by atoms with Crippen molar-refractivity contribution in [2.45, 2.75) is 168 Å². The summed E-state index contributed by atoms with van der Waals surface area (Å²) in [5, 5.41) is 0. The molecule has 29 nitrogen and oxygen atoms in total. The van der Waals surface area contributed by atoms with Crippen molar-refractivity contribution in [3.05, 3.63) is 273 Å². The molecule has 0 spiro atoms. The van der Waals surface area contributed by atoms with Gasteiger partial charge < -0.3 is 48.3 Å². The Labute approximate surface area is 751 Å². The molecule has 0 aliphatic rings. The standard InChI is InChI=1S/C20H24N2O4S2.C19H22N2O4S2.C16H16N2O4S2.C11H11NO4S.C10H13NO2S.C8H9NO2S/c23-19(25-21-15-9-7-11-17(21)27)13-5-3-1-2-4-6-14-20(24)26-22-16-10-8-12-18(22)28;22-18(24-20-14-8-6-10-16(20)26)12-4-2-1-3-5-13-19(23)25-21-15-9-7-11-17(21)27;19-15(21-17-11-5-3-7-13(17)23)9-1-2-10-16(20)22-18-12-6-4-8-14(18)24;1-2-15-10(13)6-7-11(14)16-12-8-4-3-5-9(12)17;1-2-3-7-10(12)13-11-8-5-4-6-9(11)14;1-2-8(10)11-9-6-4-3-5-7(9)12/h7-12,15-16H,1-6,13-14H2;6-11,14-15H,1-5,12-13H2;3-8,11-12H,1-2,9-10H2;3-8H,2H2,1H3;4-6,8H,2-3,7H2,1H3;3-6H,2H2,1H3/b;;;7-6+;;. The van der Waals surface area contributed by atoms with E-state index in [9.17, 15) is 47.9 Å². The first-order chi connectivity index (χ1) is 58.8. The van der Waals surface area contributed by atoms with Crippen molar-refractivity contribution in [1.29, 1.82) is 0 Å². The average Bonchev–Trinajstić information content (AvgIpc) is 0.956. The van der Waals surface area contributed by atoms with Crippen molar-refractivity contribution in [2.75, 3.05) is 6.61 Å². The smallest absolute Gasteiger partial charge is 0.356 e. The second-order valence-corrected chi connectivity index (χ2v) is 28.8. The molecule has 9 rings (SSSR count). The van der Waals surface area contributed by atoms with Crippen LogP contribution in [0.4, 0.5) is 0 Å².